The molecule has 39 heavy (non-hydrogen) atoms. The average molecular weight is 525 g/mol. The number of benzene rings is 2. The van der Waals surface area contributed by atoms with Crippen molar-refractivity contribution in [3.05, 3.63) is 89.9 Å². The Kier molecular flexibility index (Phi) is 7.31. The van der Waals surface area contributed by atoms with E-state index in [2.05, 4.69) is 45.0 Å². The molecule has 0 spiro atoms. The Bertz CT molecular complexity index is 1470. The highest BCUT2D eigenvalue weighted by molar-refractivity contribution is 6.06. The van der Waals surface area contributed by atoms with Crippen LogP contribution in [0.25, 0.3) is 11.1 Å². The van der Waals surface area contributed by atoms with E-state index in [1.165, 1.54) is 18.9 Å². The number of hydrogen-bond donors (Lipinski definition) is 2. The number of nitrogens with one attached hydrogen (secondary N) is 2. The van der Waals surface area contributed by atoms with E-state index < -0.39 is 0 Å². The first-order valence-corrected chi connectivity index (χ1v) is 12.9. The molecule has 2 aromatic heterocycles. The number of amides is 2. The molecule has 2 aromatic carbocycles. The third-order valence-corrected chi connectivity index (χ3v) is 6.75. The first kappa shape index (κ1) is 26.0. The Morgan fingerprint density at radius 1 is 0.974 bits per heavy atom. The normalized spacial score (nSPS) is 13.2. The maximum absolute atomic E-state index is 13.2. The minimum Gasteiger partial charge on any atom is -0.495 e. The fourth-order valence-electron chi connectivity index (χ4n) is 4.60. The van der Waals surface area contributed by atoms with Gasteiger partial charge in [0.1, 0.15) is 11.6 Å². The molecule has 2 amide bonds. The molecule has 0 bridgehead atoms. The number of aryl methyl sites for hydroxylation is 1. The number of likely N-dealkylation sites (tertiary alicyclic amines) is 1. The van der Waals surface area contributed by atoms with Crippen molar-refractivity contribution in [3.8, 4) is 16.9 Å². The second-order valence-electron chi connectivity index (χ2n) is 10.0. The van der Waals surface area contributed by atoms with E-state index >= 15 is 0 Å². The quantitative estimate of drug-likeness (QED) is 0.343. The van der Waals surface area contributed by atoms with Gasteiger partial charge in [-0.3, -0.25) is 14.3 Å². The van der Waals surface area contributed by atoms with Gasteiger partial charge in [-0.2, -0.15) is 5.10 Å². The molecule has 9 nitrogen and oxygen atoms in total. The van der Waals surface area contributed by atoms with Crippen molar-refractivity contribution in [3.63, 3.8) is 0 Å². The van der Waals surface area contributed by atoms with Crippen molar-refractivity contribution in [1.82, 2.24) is 19.7 Å². The van der Waals surface area contributed by atoms with Crippen molar-refractivity contribution < 1.29 is 14.3 Å². The van der Waals surface area contributed by atoms with Crippen LogP contribution in [-0.4, -0.2) is 57.7 Å². The third-order valence-electron chi connectivity index (χ3n) is 6.75. The third kappa shape index (κ3) is 5.77. The molecule has 0 unspecified atom stereocenters. The first-order chi connectivity index (χ1) is 18.8. The zero-order chi connectivity index (χ0) is 27.5. The molecule has 200 valence electrons. The molecule has 0 radical (unpaired) electrons. The zero-order valence-electron chi connectivity index (χ0n) is 22.5. The van der Waals surface area contributed by atoms with Crippen LogP contribution >= 0.6 is 0 Å². The van der Waals surface area contributed by atoms with Crippen molar-refractivity contribution >= 4 is 23.3 Å². The van der Waals surface area contributed by atoms with Gasteiger partial charge < -0.3 is 20.3 Å². The van der Waals surface area contributed by atoms with Gasteiger partial charge in [0.2, 0.25) is 0 Å². The van der Waals surface area contributed by atoms with Gasteiger partial charge in [-0.25, -0.2) is 4.98 Å². The summed E-state index contributed by atoms with van der Waals surface area (Å²) in [6.07, 6.45) is 5.36. The summed E-state index contributed by atoms with van der Waals surface area (Å²) in [6, 6.07) is 17.2. The summed E-state index contributed by atoms with van der Waals surface area (Å²) in [4.78, 5) is 32.2. The van der Waals surface area contributed by atoms with Crippen LogP contribution in [0.1, 0.15) is 46.0 Å². The second kappa shape index (κ2) is 11.0. The van der Waals surface area contributed by atoms with Crippen molar-refractivity contribution in [2.75, 3.05) is 30.8 Å². The fraction of sp³-hybridized carbons (Fsp3) is 0.267. The van der Waals surface area contributed by atoms with E-state index in [4.69, 9.17) is 4.74 Å². The fourth-order valence-corrected chi connectivity index (χ4v) is 4.60. The molecule has 1 aliphatic rings. The summed E-state index contributed by atoms with van der Waals surface area (Å²) in [5.74, 6) is 1.04. The molecule has 5 rings (SSSR count). The molecule has 2 N–H and O–H groups in total. The summed E-state index contributed by atoms with van der Waals surface area (Å²) in [5.41, 5.74) is 4.73. The molecule has 0 saturated carbocycles. The summed E-state index contributed by atoms with van der Waals surface area (Å²) in [7, 11) is 3.43. The smallest absolute Gasteiger partial charge is 0.257 e. The molecular formula is C30H32N6O3. The number of aromatic nitrogens is 3. The summed E-state index contributed by atoms with van der Waals surface area (Å²) in [6.45, 7) is 5.32. The van der Waals surface area contributed by atoms with Gasteiger partial charge in [0.05, 0.1) is 24.6 Å². The molecule has 0 atom stereocenters. The van der Waals surface area contributed by atoms with Crippen LogP contribution in [0, 0.1) is 0 Å². The Balaban J connectivity index is 1.23. The number of pyridine rings is 1. The highest BCUT2D eigenvalue weighted by atomic mass is 16.5. The number of nitrogens with zero attached hydrogens (tertiary/aromatic N) is 4. The molecule has 4 aromatic rings. The topological polar surface area (TPSA) is 101 Å². The van der Waals surface area contributed by atoms with Gasteiger partial charge in [-0.05, 0) is 55.3 Å². The second-order valence-corrected chi connectivity index (χ2v) is 10.0. The summed E-state index contributed by atoms with van der Waals surface area (Å²) >= 11 is 0. The number of rotatable bonds is 8. The van der Waals surface area contributed by atoms with Crippen LogP contribution in [0.15, 0.2) is 73.2 Å². The number of ether oxygens (including phenoxy) is 1. The highest BCUT2D eigenvalue weighted by Gasteiger charge is 2.32. The summed E-state index contributed by atoms with van der Waals surface area (Å²) < 4.78 is 7.21. The molecule has 3 heterocycles. The van der Waals surface area contributed by atoms with Crippen molar-refractivity contribution in [2.45, 2.75) is 25.8 Å². The van der Waals surface area contributed by atoms with Crippen molar-refractivity contribution in [1.29, 1.82) is 0 Å². The van der Waals surface area contributed by atoms with E-state index in [0.717, 1.165) is 11.1 Å². The highest BCUT2D eigenvalue weighted by Crippen LogP contribution is 2.32. The van der Waals surface area contributed by atoms with Crippen LogP contribution in [-0.2, 0) is 7.05 Å². The van der Waals surface area contributed by atoms with Crippen LogP contribution < -0.4 is 15.4 Å². The maximum Gasteiger partial charge on any atom is 0.257 e. The molecular weight excluding hydrogens is 492 g/mol. The molecule has 0 aliphatic carbocycles. The number of hydrogen-bond acceptors (Lipinski definition) is 6. The van der Waals surface area contributed by atoms with E-state index in [1.54, 1.807) is 35.0 Å². The predicted molar refractivity (Wildman–Crippen MR) is 151 cm³/mol. The monoisotopic (exact) mass is 524 g/mol. The molecule has 1 saturated heterocycles. The Hall–Kier alpha value is -4.66. The van der Waals surface area contributed by atoms with Crippen LogP contribution in [0.3, 0.4) is 0 Å². The SMILES string of the molecule is COc1ccc(C(=O)N2CC(c3ccc(-c4cnn(C)c4)cc3)C2)cc1NC(=O)c1ccc(NC(C)C)nc1. The maximum atomic E-state index is 13.2. The van der Waals surface area contributed by atoms with Crippen LogP contribution in [0.4, 0.5) is 11.5 Å². The molecule has 1 fully saturated rings. The lowest BCUT2D eigenvalue weighted by atomic mass is 9.90. The number of methoxy groups -OCH3 is 1. The Morgan fingerprint density at radius 2 is 1.72 bits per heavy atom. The lowest BCUT2D eigenvalue weighted by Gasteiger charge is -2.39. The van der Waals surface area contributed by atoms with Gasteiger partial charge in [-0.15, -0.1) is 0 Å². The van der Waals surface area contributed by atoms with Gasteiger partial charge in [-0.1, -0.05) is 24.3 Å². The van der Waals surface area contributed by atoms with Gasteiger partial charge in [0.25, 0.3) is 11.8 Å². The Labute approximate surface area is 227 Å². The van der Waals surface area contributed by atoms with Gasteiger partial charge >= 0.3 is 0 Å². The van der Waals surface area contributed by atoms with Gasteiger partial charge in [0, 0.05) is 55.6 Å². The lowest BCUT2D eigenvalue weighted by Crippen LogP contribution is -2.48. The van der Waals surface area contributed by atoms with Crippen LogP contribution in [0.5, 0.6) is 5.75 Å². The predicted octanol–water partition coefficient (Wildman–Crippen LogP) is 4.80. The largest absolute Gasteiger partial charge is 0.495 e. The Morgan fingerprint density at radius 3 is 2.33 bits per heavy atom. The van der Waals surface area contributed by atoms with E-state index in [-0.39, 0.29) is 23.8 Å². The van der Waals surface area contributed by atoms with E-state index in [1.807, 2.05) is 38.2 Å². The van der Waals surface area contributed by atoms with E-state index in [0.29, 0.717) is 41.5 Å². The standard InChI is InChI=1S/C30H32N6O3/c1-19(2)33-28-12-10-23(14-31-28)29(37)34-26-13-22(9-11-27(26)39-4)30(38)36-17-25(18-36)21-7-5-20(6-8-21)24-15-32-35(3)16-24/h5-16,19,25H,17-18H2,1-4H3,(H,31,33)(H,34,37). The van der Waals surface area contributed by atoms with Crippen LogP contribution in [0.2, 0.25) is 0 Å². The van der Waals surface area contributed by atoms with Gasteiger partial charge in [0.15, 0.2) is 0 Å². The zero-order valence-corrected chi connectivity index (χ0v) is 22.5. The number of carbonyl (C=O) groups is 2. The lowest BCUT2D eigenvalue weighted by molar-refractivity contribution is 0.0602. The summed E-state index contributed by atoms with van der Waals surface area (Å²) in [5, 5.41) is 10.3. The minimum atomic E-state index is -0.333. The first-order valence-electron chi connectivity index (χ1n) is 12.9. The number of anilines is 2. The van der Waals surface area contributed by atoms with Crippen molar-refractivity contribution in [2.24, 2.45) is 7.05 Å². The molecule has 9 heteroatoms. The number of carbonyl (C=O) groups excluding carboxylic acids is 2. The molecule has 1 aliphatic heterocycles. The minimum absolute atomic E-state index is 0.0813. The van der Waals surface area contributed by atoms with E-state index in [9.17, 15) is 9.59 Å². The average Bonchev–Trinajstić information content (AvgIpc) is 3.34.